The zero-order chi connectivity index (χ0) is 19.6. The normalized spacial score (nSPS) is 11.7. The Bertz CT molecular complexity index is 1040. The van der Waals surface area contributed by atoms with Gasteiger partial charge in [-0.25, -0.2) is 4.79 Å². The van der Waals surface area contributed by atoms with Crippen LogP contribution in [-0.2, 0) is 11.3 Å². The molecule has 0 radical (unpaired) electrons. The van der Waals surface area contributed by atoms with Gasteiger partial charge in [0.15, 0.2) is 0 Å². The van der Waals surface area contributed by atoms with E-state index in [-0.39, 0.29) is 11.3 Å². The summed E-state index contributed by atoms with van der Waals surface area (Å²) in [5.41, 5.74) is 8.10. The summed E-state index contributed by atoms with van der Waals surface area (Å²) >= 11 is -2.71. The lowest BCUT2D eigenvalue weighted by Crippen LogP contribution is -2.19. The highest BCUT2D eigenvalue weighted by Gasteiger charge is 2.16. The molecule has 0 aromatic heterocycles. The van der Waals surface area contributed by atoms with E-state index in [9.17, 15) is 18.7 Å². The molecule has 0 aliphatic heterocycles. The van der Waals surface area contributed by atoms with Crippen molar-refractivity contribution in [2.45, 2.75) is 0 Å². The Kier molecular flexibility index (Phi) is 5.11. The molecular formula is C19H15N2O5S-. The van der Waals surface area contributed by atoms with E-state index in [2.05, 4.69) is 0 Å². The first-order valence-electron chi connectivity index (χ1n) is 7.79. The molecule has 138 valence electrons. The molecule has 0 fully saturated rings. The van der Waals surface area contributed by atoms with Gasteiger partial charge in [-0.15, -0.1) is 0 Å². The summed E-state index contributed by atoms with van der Waals surface area (Å²) in [4.78, 5) is 11.0. The van der Waals surface area contributed by atoms with Crippen molar-refractivity contribution >= 4 is 34.3 Å². The molecule has 0 aliphatic rings. The van der Waals surface area contributed by atoms with E-state index in [4.69, 9.17) is 10.8 Å². The van der Waals surface area contributed by atoms with Gasteiger partial charge in [-0.2, -0.15) is 0 Å². The Morgan fingerprint density at radius 2 is 1.70 bits per heavy atom. The van der Waals surface area contributed by atoms with Gasteiger partial charge in [-0.3, -0.25) is 8.51 Å². The van der Waals surface area contributed by atoms with Crippen LogP contribution in [0.2, 0.25) is 0 Å². The van der Waals surface area contributed by atoms with Crippen LogP contribution in [0.3, 0.4) is 0 Å². The fourth-order valence-corrected chi connectivity index (χ4v) is 3.28. The molecule has 3 aromatic carbocycles. The van der Waals surface area contributed by atoms with E-state index in [0.717, 1.165) is 22.0 Å². The number of carbonyl (C=O) groups is 1. The van der Waals surface area contributed by atoms with Crippen LogP contribution in [0.5, 0.6) is 5.75 Å². The molecule has 0 saturated heterocycles. The number of hydrogen-bond donors (Lipinski definition) is 3. The highest BCUT2D eigenvalue weighted by Crippen LogP contribution is 2.34. The van der Waals surface area contributed by atoms with E-state index in [1.165, 1.54) is 6.07 Å². The van der Waals surface area contributed by atoms with Gasteiger partial charge in [0.25, 0.3) is 0 Å². The van der Waals surface area contributed by atoms with Gasteiger partial charge in [0.05, 0.1) is 22.6 Å². The number of phenols is 1. The average molecular weight is 383 g/mol. The van der Waals surface area contributed by atoms with Crippen LogP contribution in [0.15, 0.2) is 66.7 Å². The van der Waals surface area contributed by atoms with Crippen LogP contribution in [-0.4, -0.2) is 24.9 Å². The lowest BCUT2D eigenvalue weighted by Gasteiger charge is -2.27. The number of nitrogens with zero attached hydrogens (tertiary/aromatic N) is 1. The van der Waals surface area contributed by atoms with Crippen LogP contribution in [0, 0.1) is 0 Å². The molecule has 1 unspecified atom stereocenters. The summed E-state index contributed by atoms with van der Waals surface area (Å²) in [5.74, 6) is -1.84. The number of carboxylic acids is 1. The Hall–Kier alpha value is -3.36. The second kappa shape index (κ2) is 7.48. The van der Waals surface area contributed by atoms with Crippen LogP contribution < -0.4 is 10.0 Å². The molecule has 3 rings (SSSR count). The number of nitrogen functional groups attached to an aromatic ring is 1. The SMILES string of the molecule is Nc1ccccc1-c1cccc(N(c2ccc(C(=O)O)c(O)c2)S(=O)[O-])c1. The summed E-state index contributed by atoms with van der Waals surface area (Å²) < 4.78 is 24.6. The average Bonchev–Trinajstić information content (AvgIpc) is 2.62. The minimum Gasteiger partial charge on any atom is -0.755 e. The number of para-hydroxylation sites is 1. The van der Waals surface area contributed by atoms with E-state index in [1.54, 1.807) is 36.4 Å². The van der Waals surface area contributed by atoms with Crippen molar-refractivity contribution in [3.63, 3.8) is 0 Å². The van der Waals surface area contributed by atoms with Gasteiger partial charge in [0, 0.05) is 17.3 Å². The Morgan fingerprint density at radius 3 is 2.33 bits per heavy atom. The summed E-state index contributed by atoms with van der Waals surface area (Å²) in [5, 5.41) is 18.9. The zero-order valence-electron chi connectivity index (χ0n) is 13.9. The largest absolute Gasteiger partial charge is 0.755 e. The van der Waals surface area contributed by atoms with E-state index in [1.807, 2.05) is 12.1 Å². The Balaban J connectivity index is 2.08. The van der Waals surface area contributed by atoms with E-state index >= 15 is 0 Å². The van der Waals surface area contributed by atoms with E-state index < -0.39 is 23.0 Å². The molecular weight excluding hydrogens is 368 g/mol. The minimum absolute atomic E-state index is 0.101. The number of carboxylic acid groups (broad SMARTS) is 1. The van der Waals surface area contributed by atoms with Crippen molar-refractivity contribution in [3.8, 4) is 16.9 Å². The third-order valence-corrected chi connectivity index (χ3v) is 4.67. The highest BCUT2D eigenvalue weighted by atomic mass is 32.2. The molecule has 0 heterocycles. The molecule has 0 bridgehead atoms. The summed E-state index contributed by atoms with van der Waals surface area (Å²) in [6.45, 7) is 0. The van der Waals surface area contributed by atoms with Gasteiger partial charge in [0.2, 0.25) is 0 Å². The Morgan fingerprint density at radius 1 is 1.00 bits per heavy atom. The first kappa shape index (κ1) is 18.4. The number of hydrogen-bond acceptors (Lipinski definition) is 5. The number of benzene rings is 3. The smallest absolute Gasteiger partial charge is 0.339 e. The maximum atomic E-state index is 11.8. The fraction of sp³-hybridized carbons (Fsp3) is 0. The molecule has 4 N–H and O–H groups in total. The first-order valence-corrected chi connectivity index (χ1v) is 8.82. The van der Waals surface area contributed by atoms with Crippen molar-refractivity contribution in [2.75, 3.05) is 10.0 Å². The zero-order valence-corrected chi connectivity index (χ0v) is 14.7. The summed E-state index contributed by atoms with van der Waals surface area (Å²) in [6.07, 6.45) is 0. The lowest BCUT2D eigenvalue weighted by molar-refractivity contribution is 0.0694. The highest BCUT2D eigenvalue weighted by molar-refractivity contribution is 7.81. The predicted molar refractivity (Wildman–Crippen MR) is 102 cm³/mol. The topological polar surface area (TPSA) is 127 Å². The molecule has 0 amide bonds. The van der Waals surface area contributed by atoms with Crippen LogP contribution in [0.4, 0.5) is 17.1 Å². The summed E-state index contributed by atoms with van der Waals surface area (Å²) in [7, 11) is 0. The number of rotatable bonds is 5. The van der Waals surface area contributed by atoms with Crippen molar-refractivity contribution in [2.24, 2.45) is 0 Å². The second-order valence-electron chi connectivity index (χ2n) is 5.66. The van der Waals surface area contributed by atoms with E-state index in [0.29, 0.717) is 16.9 Å². The monoisotopic (exact) mass is 383 g/mol. The minimum atomic E-state index is -2.71. The maximum Gasteiger partial charge on any atom is 0.339 e. The van der Waals surface area contributed by atoms with Crippen LogP contribution in [0.1, 0.15) is 10.4 Å². The molecule has 0 spiro atoms. The quantitative estimate of drug-likeness (QED) is 0.458. The Labute approximate surface area is 157 Å². The van der Waals surface area contributed by atoms with Gasteiger partial charge in [-0.05, 0) is 35.9 Å². The summed E-state index contributed by atoms with van der Waals surface area (Å²) in [6, 6.07) is 17.4. The van der Waals surface area contributed by atoms with Crippen LogP contribution in [0.25, 0.3) is 11.1 Å². The number of aromatic carboxylic acids is 1. The van der Waals surface area contributed by atoms with Gasteiger partial charge in [0.1, 0.15) is 11.3 Å². The van der Waals surface area contributed by atoms with Crippen LogP contribution >= 0.6 is 0 Å². The molecule has 1 atom stereocenters. The number of anilines is 3. The molecule has 0 aliphatic carbocycles. The van der Waals surface area contributed by atoms with Gasteiger partial charge >= 0.3 is 5.97 Å². The molecule has 7 nitrogen and oxygen atoms in total. The van der Waals surface area contributed by atoms with Crippen molar-refractivity contribution in [1.29, 1.82) is 0 Å². The third-order valence-electron chi connectivity index (χ3n) is 3.95. The second-order valence-corrected chi connectivity index (χ2v) is 6.46. The lowest BCUT2D eigenvalue weighted by atomic mass is 10.0. The molecule has 27 heavy (non-hydrogen) atoms. The fourth-order valence-electron chi connectivity index (χ4n) is 2.71. The third kappa shape index (κ3) is 3.76. The molecule has 0 saturated carbocycles. The van der Waals surface area contributed by atoms with Crippen molar-refractivity contribution in [1.82, 2.24) is 0 Å². The van der Waals surface area contributed by atoms with Crippen molar-refractivity contribution < 1.29 is 23.8 Å². The maximum absolute atomic E-state index is 11.8. The first-order chi connectivity index (χ1) is 12.9. The molecule has 8 heteroatoms. The standard InChI is InChI=1S/C19H16N2O5S/c20-17-7-2-1-6-15(17)12-4-3-5-13(10-12)21(27(25)26)14-8-9-16(19(23)24)18(22)11-14/h1-11,22H,20H2,(H,23,24)(H,25,26)/p-1. The number of nitrogens with two attached hydrogens (primary N) is 1. The van der Waals surface area contributed by atoms with Gasteiger partial charge < -0.3 is 20.5 Å². The number of aromatic hydroxyl groups is 1. The van der Waals surface area contributed by atoms with Crippen molar-refractivity contribution in [3.05, 3.63) is 72.3 Å². The van der Waals surface area contributed by atoms with Gasteiger partial charge in [-0.1, -0.05) is 30.3 Å². The predicted octanol–water partition coefficient (Wildman–Crippen LogP) is 3.27. The molecule has 3 aromatic rings.